The van der Waals surface area contributed by atoms with E-state index in [2.05, 4.69) is 10.6 Å². The second-order valence-electron chi connectivity index (χ2n) is 4.80. The molecule has 0 radical (unpaired) electrons. The Morgan fingerprint density at radius 1 is 1.47 bits per heavy atom. The van der Waals surface area contributed by atoms with Gasteiger partial charge >= 0.3 is 0 Å². The van der Waals surface area contributed by atoms with Crippen LogP contribution in [-0.4, -0.2) is 49.6 Å². The van der Waals surface area contributed by atoms with Crippen LogP contribution in [0, 0.1) is 0 Å². The Labute approximate surface area is 91.4 Å². The molecule has 0 bridgehead atoms. The number of aliphatic hydroxyl groups is 1. The van der Waals surface area contributed by atoms with E-state index in [1.54, 1.807) is 0 Å². The van der Waals surface area contributed by atoms with Crippen molar-refractivity contribution < 1.29 is 9.84 Å². The van der Waals surface area contributed by atoms with Gasteiger partial charge in [0.1, 0.15) is 0 Å². The van der Waals surface area contributed by atoms with Crippen LogP contribution in [0.3, 0.4) is 0 Å². The second-order valence-corrected chi connectivity index (χ2v) is 4.80. The predicted molar refractivity (Wildman–Crippen MR) is 58.9 cm³/mol. The summed E-state index contributed by atoms with van der Waals surface area (Å²) >= 11 is 0. The topological polar surface area (TPSA) is 53.5 Å². The van der Waals surface area contributed by atoms with Gasteiger partial charge in [-0.1, -0.05) is 0 Å². The van der Waals surface area contributed by atoms with E-state index in [1.807, 2.05) is 0 Å². The maximum atomic E-state index is 10.2. The molecule has 2 aliphatic heterocycles. The highest BCUT2D eigenvalue weighted by atomic mass is 16.5. The normalized spacial score (nSPS) is 37.8. The molecule has 88 valence electrons. The number of rotatable bonds is 3. The minimum absolute atomic E-state index is 0.435. The first-order valence-electron chi connectivity index (χ1n) is 6.03. The highest BCUT2D eigenvalue weighted by Gasteiger charge is 2.29. The van der Waals surface area contributed by atoms with Crippen LogP contribution in [0.1, 0.15) is 25.7 Å². The van der Waals surface area contributed by atoms with Crippen LogP contribution in [0.15, 0.2) is 0 Å². The molecular formula is C11H22N2O2. The highest BCUT2D eigenvalue weighted by molar-refractivity contribution is 4.88. The van der Waals surface area contributed by atoms with E-state index in [0.717, 1.165) is 39.0 Å². The molecule has 2 saturated heterocycles. The Balaban J connectivity index is 1.70. The summed E-state index contributed by atoms with van der Waals surface area (Å²) in [7, 11) is 0. The van der Waals surface area contributed by atoms with Gasteiger partial charge in [0.25, 0.3) is 0 Å². The van der Waals surface area contributed by atoms with Crippen molar-refractivity contribution in [3.63, 3.8) is 0 Å². The first kappa shape index (κ1) is 11.3. The zero-order valence-corrected chi connectivity index (χ0v) is 9.30. The van der Waals surface area contributed by atoms with Gasteiger partial charge in [-0.15, -0.1) is 0 Å². The highest BCUT2D eigenvalue weighted by Crippen LogP contribution is 2.15. The molecule has 0 aromatic carbocycles. The Kier molecular flexibility index (Phi) is 3.97. The van der Waals surface area contributed by atoms with Gasteiger partial charge < -0.3 is 20.5 Å². The molecule has 2 fully saturated rings. The predicted octanol–water partition coefficient (Wildman–Crippen LogP) is -0.131. The lowest BCUT2D eigenvalue weighted by molar-refractivity contribution is 0.00495. The van der Waals surface area contributed by atoms with Crippen LogP contribution in [0.25, 0.3) is 0 Å². The molecule has 0 aromatic heterocycles. The van der Waals surface area contributed by atoms with Crippen LogP contribution in [-0.2, 0) is 4.74 Å². The summed E-state index contributed by atoms with van der Waals surface area (Å²) in [5.41, 5.74) is -0.546. The van der Waals surface area contributed by atoms with Gasteiger partial charge in [0.2, 0.25) is 0 Å². The average molecular weight is 214 g/mol. The molecule has 2 unspecified atom stereocenters. The smallest absolute Gasteiger partial charge is 0.0895 e. The molecule has 3 N–H and O–H groups in total. The monoisotopic (exact) mass is 214 g/mol. The SMILES string of the molecule is OC1(CNC2CCCOC2)CCCNC1. The maximum absolute atomic E-state index is 10.2. The van der Waals surface area contributed by atoms with Crippen molar-refractivity contribution in [2.45, 2.75) is 37.3 Å². The molecule has 0 amide bonds. The van der Waals surface area contributed by atoms with Crippen molar-refractivity contribution in [3.05, 3.63) is 0 Å². The van der Waals surface area contributed by atoms with Crippen molar-refractivity contribution in [1.82, 2.24) is 10.6 Å². The first-order valence-corrected chi connectivity index (χ1v) is 6.03. The third-order valence-electron chi connectivity index (χ3n) is 3.33. The number of hydrogen-bond acceptors (Lipinski definition) is 4. The fraction of sp³-hybridized carbons (Fsp3) is 1.00. The fourth-order valence-corrected chi connectivity index (χ4v) is 2.34. The summed E-state index contributed by atoms with van der Waals surface area (Å²) in [4.78, 5) is 0. The van der Waals surface area contributed by atoms with Crippen molar-refractivity contribution in [1.29, 1.82) is 0 Å². The number of hydrogen-bond donors (Lipinski definition) is 3. The van der Waals surface area contributed by atoms with E-state index in [4.69, 9.17) is 4.74 Å². The molecule has 0 saturated carbocycles. The van der Waals surface area contributed by atoms with Crippen molar-refractivity contribution in [3.8, 4) is 0 Å². The standard InChI is InChI=1S/C11H22N2O2/c14-11(4-2-5-12-8-11)9-13-10-3-1-6-15-7-10/h10,12-14H,1-9H2. The molecule has 0 spiro atoms. The van der Waals surface area contributed by atoms with Crippen LogP contribution < -0.4 is 10.6 Å². The molecule has 15 heavy (non-hydrogen) atoms. The van der Waals surface area contributed by atoms with Gasteiger partial charge in [0.05, 0.1) is 12.2 Å². The van der Waals surface area contributed by atoms with Crippen molar-refractivity contribution >= 4 is 0 Å². The van der Waals surface area contributed by atoms with E-state index in [-0.39, 0.29) is 0 Å². The van der Waals surface area contributed by atoms with E-state index in [1.165, 1.54) is 6.42 Å². The number of ether oxygens (including phenoxy) is 1. The van der Waals surface area contributed by atoms with E-state index in [9.17, 15) is 5.11 Å². The summed E-state index contributed by atoms with van der Waals surface area (Å²) in [5, 5.41) is 16.9. The average Bonchev–Trinajstić information content (AvgIpc) is 2.29. The van der Waals surface area contributed by atoms with Gasteiger partial charge in [0, 0.05) is 25.7 Å². The molecule has 2 rings (SSSR count). The Morgan fingerprint density at radius 3 is 3.07 bits per heavy atom. The Hall–Kier alpha value is -0.160. The van der Waals surface area contributed by atoms with Crippen molar-refractivity contribution in [2.24, 2.45) is 0 Å². The third kappa shape index (κ3) is 3.41. The molecule has 2 aliphatic rings. The zero-order valence-electron chi connectivity index (χ0n) is 9.30. The van der Waals surface area contributed by atoms with E-state index in [0.29, 0.717) is 19.1 Å². The minimum atomic E-state index is -0.546. The largest absolute Gasteiger partial charge is 0.387 e. The van der Waals surface area contributed by atoms with Gasteiger partial charge in [-0.3, -0.25) is 0 Å². The summed E-state index contributed by atoms with van der Waals surface area (Å²) in [6.07, 6.45) is 4.28. The fourth-order valence-electron chi connectivity index (χ4n) is 2.34. The van der Waals surface area contributed by atoms with E-state index >= 15 is 0 Å². The van der Waals surface area contributed by atoms with Gasteiger partial charge in [-0.2, -0.15) is 0 Å². The molecule has 0 aliphatic carbocycles. The second kappa shape index (κ2) is 5.25. The van der Waals surface area contributed by atoms with Crippen LogP contribution in [0.4, 0.5) is 0 Å². The van der Waals surface area contributed by atoms with Crippen molar-refractivity contribution in [2.75, 3.05) is 32.8 Å². The van der Waals surface area contributed by atoms with E-state index < -0.39 is 5.60 Å². The molecule has 2 heterocycles. The lowest BCUT2D eigenvalue weighted by Gasteiger charge is -2.35. The molecule has 2 atom stereocenters. The Bertz CT molecular complexity index is 187. The summed E-state index contributed by atoms with van der Waals surface area (Å²) in [5.74, 6) is 0. The molecule has 4 heteroatoms. The van der Waals surface area contributed by atoms with Crippen LogP contribution >= 0.6 is 0 Å². The van der Waals surface area contributed by atoms with Gasteiger partial charge in [-0.25, -0.2) is 0 Å². The lowest BCUT2D eigenvalue weighted by atomic mass is 9.93. The Morgan fingerprint density at radius 2 is 2.40 bits per heavy atom. The number of nitrogens with one attached hydrogen (secondary N) is 2. The first-order chi connectivity index (χ1) is 7.29. The number of piperidine rings is 1. The molecule has 0 aromatic rings. The van der Waals surface area contributed by atoms with Gasteiger partial charge in [0.15, 0.2) is 0 Å². The van der Waals surface area contributed by atoms with Gasteiger partial charge in [-0.05, 0) is 32.2 Å². The van der Waals surface area contributed by atoms with Crippen LogP contribution in [0.5, 0.6) is 0 Å². The summed E-state index contributed by atoms with van der Waals surface area (Å²) in [6.45, 7) is 4.13. The zero-order chi connectivity index (χ0) is 10.6. The quantitative estimate of drug-likeness (QED) is 0.612. The molecule has 4 nitrogen and oxygen atoms in total. The third-order valence-corrected chi connectivity index (χ3v) is 3.33. The minimum Gasteiger partial charge on any atom is -0.387 e. The number of β-amino-alcohol motifs (C(OH)–C–C–N with tert-alkyl or cyclic N) is 1. The summed E-state index contributed by atoms with van der Waals surface area (Å²) in [6, 6.07) is 0.435. The lowest BCUT2D eigenvalue weighted by Crippen LogP contribution is -2.54. The van der Waals surface area contributed by atoms with Crippen LogP contribution in [0.2, 0.25) is 0 Å². The molecular weight excluding hydrogens is 192 g/mol. The summed E-state index contributed by atoms with van der Waals surface area (Å²) < 4.78 is 5.40. The maximum Gasteiger partial charge on any atom is 0.0895 e.